The molecule has 0 fully saturated rings. The molecule has 0 N–H and O–H groups in total. The van der Waals surface area contributed by atoms with Crippen LogP contribution in [-0.4, -0.2) is 16.1 Å². The van der Waals surface area contributed by atoms with Crippen LogP contribution in [0.25, 0.3) is 11.0 Å². The maximum absolute atomic E-state index is 13.8. The van der Waals surface area contributed by atoms with Crippen molar-refractivity contribution in [3.05, 3.63) is 84.4 Å². The van der Waals surface area contributed by atoms with E-state index in [-0.39, 0.29) is 27.3 Å². The van der Waals surface area contributed by atoms with Gasteiger partial charge in [0, 0.05) is 0 Å². The molecule has 2 aromatic carbocycles. The van der Waals surface area contributed by atoms with E-state index in [2.05, 4.69) is 10.2 Å². The Kier molecular flexibility index (Phi) is 4.80. The third-order valence-corrected chi connectivity index (χ3v) is 6.86. The number of halogens is 3. The minimum absolute atomic E-state index is 0.0463. The number of aryl methyl sites for hydroxylation is 1. The van der Waals surface area contributed by atoms with Crippen LogP contribution in [0.2, 0.25) is 10.0 Å². The highest BCUT2D eigenvalue weighted by Crippen LogP contribution is 2.43. The minimum Gasteiger partial charge on any atom is -0.450 e. The van der Waals surface area contributed by atoms with Crippen LogP contribution in [0.4, 0.5) is 9.52 Å². The zero-order valence-electron chi connectivity index (χ0n) is 15.9. The number of nitrogens with zero attached hydrogens (tertiary/aromatic N) is 3. The zero-order chi connectivity index (χ0) is 21.9. The zero-order valence-corrected chi connectivity index (χ0v) is 18.2. The maximum Gasteiger partial charge on any atom is 0.297 e. The fraction of sp³-hybridized carbons (Fsp3) is 0.143. The van der Waals surface area contributed by atoms with Gasteiger partial charge in [0.05, 0.1) is 27.0 Å². The number of carbonyl (C=O) groups excluding carboxylic acids is 1. The summed E-state index contributed by atoms with van der Waals surface area (Å²) in [7, 11) is 0. The second-order valence-electron chi connectivity index (χ2n) is 6.90. The first-order chi connectivity index (χ1) is 14.9. The van der Waals surface area contributed by atoms with Crippen LogP contribution in [0.1, 0.15) is 39.7 Å². The number of benzene rings is 2. The van der Waals surface area contributed by atoms with Crippen molar-refractivity contribution in [1.82, 2.24) is 10.2 Å². The van der Waals surface area contributed by atoms with E-state index in [0.717, 1.165) is 11.1 Å². The molecule has 156 valence electrons. The highest BCUT2D eigenvalue weighted by atomic mass is 35.5. The number of aromatic nitrogens is 2. The summed E-state index contributed by atoms with van der Waals surface area (Å²) in [5.41, 5.74) is 0.259. The summed E-state index contributed by atoms with van der Waals surface area (Å²) < 4.78 is 19.6. The second-order valence-corrected chi connectivity index (χ2v) is 8.75. The third kappa shape index (κ3) is 3.13. The standard InChI is InChI=1S/C21H12Cl2FN3O3S/c1-2-15-25-26-21(31-15)27-17(9-3-5-12(22)13(23)7-9)16-18(28)11-8-10(24)4-6-14(11)30-19(16)20(27)29/h3-8,17H,2H2,1H3. The number of fused-ring (bicyclic) bond motifs is 2. The van der Waals surface area contributed by atoms with Crippen molar-refractivity contribution in [2.45, 2.75) is 19.4 Å². The first-order valence-corrected chi connectivity index (χ1v) is 10.8. The van der Waals surface area contributed by atoms with Gasteiger partial charge in [-0.25, -0.2) is 4.39 Å². The van der Waals surface area contributed by atoms with Crippen LogP contribution in [0, 0.1) is 5.82 Å². The molecular formula is C21H12Cl2FN3O3S. The van der Waals surface area contributed by atoms with Crippen molar-refractivity contribution in [3.8, 4) is 0 Å². The molecule has 1 unspecified atom stereocenters. The van der Waals surface area contributed by atoms with Crippen molar-refractivity contribution in [2.75, 3.05) is 4.90 Å². The molecule has 0 saturated carbocycles. The summed E-state index contributed by atoms with van der Waals surface area (Å²) >= 11 is 13.5. The van der Waals surface area contributed by atoms with Crippen LogP contribution in [0.3, 0.4) is 0 Å². The van der Waals surface area contributed by atoms with Gasteiger partial charge < -0.3 is 4.42 Å². The van der Waals surface area contributed by atoms with E-state index < -0.39 is 23.2 Å². The van der Waals surface area contributed by atoms with E-state index in [1.807, 2.05) is 6.92 Å². The van der Waals surface area contributed by atoms with Gasteiger partial charge in [0.2, 0.25) is 10.9 Å². The topological polar surface area (TPSA) is 76.3 Å². The maximum atomic E-state index is 13.8. The molecule has 1 aliphatic rings. The first kappa shape index (κ1) is 20.1. The molecule has 3 heterocycles. The molecule has 2 aromatic heterocycles. The molecule has 4 aromatic rings. The Hall–Kier alpha value is -2.81. The summed E-state index contributed by atoms with van der Waals surface area (Å²) in [6, 6.07) is 7.56. The van der Waals surface area contributed by atoms with Crippen molar-refractivity contribution in [3.63, 3.8) is 0 Å². The lowest BCUT2D eigenvalue weighted by atomic mass is 9.99. The molecule has 6 nitrogen and oxygen atoms in total. The molecule has 1 aliphatic heterocycles. The van der Waals surface area contributed by atoms with Crippen molar-refractivity contribution >= 4 is 56.5 Å². The molecular weight excluding hydrogens is 464 g/mol. The molecule has 1 amide bonds. The highest BCUT2D eigenvalue weighted by molar-refractivity contribution is 7.15. The van der Waals surface area contributed by atoms with Crippen LogP contribution >= 0.6 is 34.5 Å². The normalized spacial score (nSPS) is 15.7. The van der Waals surface area contributed by atoms with Crippen molar-refractivity contribution in [2.24, 2.45) is 0 Å². The van der Waals surface area contributed by atoms with Gasteiger partial charge in [-0.15, -0.1) is 10.2 Å². The lowest BCUT2D eigenvalue weighted by molar-refractivity contribution is 0.0970. The molecule has 10 heteroatoms. The van der Waals surface area contributed by atoms with Crippen LogP contribution in [0.5, 0.6) is 0 Å². The van der Waals surface area contributed by atoms with Gasteiger partial charge in [-0.1, -0.05) is 47.5 Å². The molecule has 5 rings (SSSR count). The third-order valence-electron chi connectivity index (χ3n) is 5.06. The summed E-state index contributed by atoms with van der Waals surface area (Å²) in [6.07, 6.45) is 0.643. The average molecular weight is 476 g/mol. The number of hydrogen-bond acceptors (Lipinski definition) is 6. The van der Waals surface area contributed by atoms with Gasteiger partial charge in [0.25, 0.3) is 5.91 Å². The van der Waals surface area contributed by atoms with Gasteiger partial charge in [-0.05, 0) is 42.3 Å². The molecule has 0 spiro atoms. The Balaban J connectivity index is 1.81. The van der Waals surface area contributed by atoms with E-state index in [4.69, 9.17) is 27.6 Å². The SMILES string of the molecule is CCc1nnc(N2C(=O)c3oc4ccc(F)cc4c(=O)c3C2c2ccc(Cl)c(Cl)c2)s1. The number of amides is 1. The predicted octanol–water partition coefficient (Wildman–Crippen LogP) is 5.40. The van der Waals surface area contributed by atoms with Crippen LogP contribution in [0.15, 0.2) is 45.6 Å². The monoisotopic (exact) mass is 475 g/mol. The molecule has 31 heavy (non-hydrogen) atoms. The van der Waals surface area contributed by atoms with Crippen molar-refractivity contribution in [1.29, 1.82) is 0 Å². The van der Waals surface area contributed by atoms with E-state index in [1.54, 1.807) is 18.2 Å². The number of hydrogen-bond donors (Lipinski definition) is 0. The molecule has 0 radical (unpaired) electrons. The average Bonchev–Trinajstić information content (AvgIpc) is 3.33. The second kappa shape index (κ2) is 7.40. The fourth-order valence-corrected chi connectivity index (χ4v) is 4.74. The quantitative estimate of drug-likeness (QED) is 0.396. The van der Waals surface area contributed by atoms with E-state index in [1.165, 1.54) is 28.4 Å². The summed E-state index contributed by atoms with van der Waals surface area (Å²) in [5, 5.41) is 9.93. The van der Waals surface area contributed by atoms with Crippen LogP contribution < -0.4 is 10.3 Å². The number of anilines is 1. The minimum atomic E-state index is -0.876. The van der Waals surface area contributed by atoms with Crippen molar-refractivity contribution < 1.29 is 13.6 Å². The van der Waals surface area contributed by atoms with Gasteiger partial charge in [0.1, 0.15) is 16.4 Å². The molecule has 0 saturated heterocycles. The van der Waals surface area contributed by atoms with Crippen LogP contribution in [-0.2, 0) is 6.42 Å². The molecule has 0 aliphatic carbocycles. The lowest BCUT2D eigenvalue weighted by Gasteiger charge is -2.22. The highest BCUT2D eigenvalue weighted by Gasteiger charge is 2.45. The Morgan fingerprint density at radius 1 is 1.13 bits per heavy atom. The van der Waals surface area contributed by atoms with Gasteiger partial charge in [0.15, 0.2) is 5.43 Å². The first-order valence-electron chi connectivity index (χ1n) is 9.26. The Morgan fingerprint density at radius 2 is 1.94 bits per heavy atom. The van der Waals surface area contributed by atoms with Gasteiger partial charge >= 0.3 is 0 Å². The Labute approximate surface area is 188 Å². The van der Waals surface area contributed by atoms with Gasteiger partial charge in [-0.3, -0.25) is 14.5 Å². The van der Waals surface area contributed by atoms with E-state index >= 15 is 0 Å². The fourth-order valence-electron chi connectivity index (χ4n) is 3.63. The predicted molar refractivity (Wildman–Crippen MR) is 117 cm³/mol. The molecule has 0 bridgehead atoms. The van der Waals surface area contributed by atoms with E-state index in [9.17, 15) is 14.0 Å². The summed E-state index contributed by atoms with van der Waals surface area (Å²) in [6.45, 7) is 1.92. The Bertz CT molecular complexity index is 1440. The lowest BCUT2D eigenvalue weighted by Crippen LogP contribution is -2.29. The summed E-state index contributed by atoms with van der Waals surface area (Å²) in [4.78, 5) is 28.1. The summed E-state index contributed by atoms with van der Waals surface area (Å²) in [5.74, 6) is -1.23. The number of rotatable bonds is 3. The molecule has 1 atom stereocenters. The van der Waals surface area contributed by atoms with Gasteiger partial charge in [-0.2, -0.15) is 0 Å². The van der Waals surface area contributed by atoms with E-state index in [0.29, 0.717) is 22.1 Å². The smallest absolute Gasteiger partial charge is 0.297 e. The number of carbonyl (C=O) groups is 1. The Morgan fingerprint density at radius 3 is 2.65 bits per heavy atom. The largest absolute Gasteiger partial charge is 0.450 e.